The van der Waals surface area contributed by atoms with E-state index in [9.17, 15) is 19.7 Å². The molecule has 1 aromatic carbocycles. The Morgan fingerprint density at radius 2 is 1.91 bits per heavy atom. The second kappa shape index (κ2) is 6.29. The number of likely N-dealkylation sites (N-methyl/N-ethyl adjacent to an activating group) is 1. The largest absolute Gasteiger partial charge is 0.486 e. The van der Waals surface area contributed by atoms with E-state index in [-0.39, 0.29) is 30.3 Å². The highest BCUT2D eigenvalue weighted by Gasteiger charge is 2.29. The third kappa shape index (κ3) is 3.08. The van der Waals surface area contributed by atoms with Crippen molar-refractivity contribution < 1.29 is 28.7 Å². The second-order valence-electron chi connectivity index (χ2n) is 4.43. The fourth-order valence-corrected chi connectivity index (χ4v) is 1.87. The molecule has 0 saturated carbocycles. The van der Waals surface area contributed by atoms with E-state index in [1.54, 1.807) is 0 Å². The first-order chi connectivity index (χ1) is 10.4. The van der Waals surface area contributed by atoms with Crippen LogP contribution in [-0.2, 0) is 9.53 Å². The van der Waals surface area contributed by atoms with E-state index < -0.39 is 28.6 Å². The van der Waals surface area contributed by atoms with Gasteiger partial charge in [0.2, 0.25) is 0 Å². The van der Waals surface area contributed by atoms with Gasteiger partial charge >= 0.3 is 5.97 Å². The van der Waals surface area contributed by atoms with Gasteiger partial charge in [-0.25, -0.2) is 4.79 Å². The van der Waals surface area contributed by atoms with Crippen molar-refractivity contribution >= 4 is 17.6 Å². The minimum absolute atomic E-state index is 0.189. The van der Waals surface area contributed by atoms with Crippen molar-refractivity contribution in [2.24, 2.45) is 0 Å². The van der Waals surface area contributed by atoms with Crippen LogP contribution in [0.3, 0.4) is 0 Å². The zero-order valence-corrected chi connectivity index (χ0v) is 12.0. The average molecular weight is 310 g/mol. The van der Waals surface area contributed by atoms with Crippen molar-refractivity contribution in [1.82, 2.24) is 5.32 Å². The van der Waals surface area contributed by atoms with Crippen molar-refractivity contribution in [3.8, 4) is 11.5 Å². The fraction of sp³-hybridized carbons (Fsp3) is 0.385. The van der Waals surface area contributed by atoms with Gasteiger partial charge in [-0.3, -0.25) is 14.9 Å². The van der Waals surface area contributed by atoms with Gasteiger partial charge in [0.25, 0.3) is 11.6 Å². The van der Waals surface area contributed by atoms with Gasteiger partial charge in [0.15, 0.2) is 17.6 Å². The summed E-state index contributed by atoms with van der Waals surface area (Å²) in [4.78, 5) is 33.8. The Balaban J connectivity index is 2.34. The Bertz CT molecular complexity index is 629. The standard InChI is InChI=1S/C13H14N2O7/c1-7(12(16)14-2)22-13(17)8-5-10-11(21-4-3-20-10)6-9(8)15(18)19/h5-7H,3-4H2,1-2H3,(H,14,16)/t7-/m1/s1. The molecule has 118 valence electrons. The zero-order valence-electron chi connectivity index (χ0n) is 12.0. The number of nitrogens with one attached hydrogen (secondary N) is 1. The van der Waals surface area contributed by atoms with Crippen LogP contribution in [0.5, 0.6) is 11.5 Å². The maximum atomic E-state index is 12.1. The molecule has 0 saturated heterocycles. The summed E-state index contributed by atoms with van der Waals surface area (Å²) in [5, 5.41) is 13.4. The Morgan fingerprint density at radius 3 is 2.45 bits per heavy atom. The second-order valence-corrected chi connectivity index (χ2v) is 4.43. The minimum atomic E-state index is -1.08. The summed E-state index contributed by atoms with van der Waals surface area (Å²) in [6.07, 6.45) is -1.08. The minimum Gasteiger partial charge on any atom is -0.486 e. The van der Waals surface area contributed by atoms with Crippen LogP contribution in [0.2, 0.25) is 0 Å². The molecule has 0 bridgehead atoms. The number of amides is 1. The van der Waals surface area contributed by atoms with E-state index in [4.69, 9.17) is 14.2 Å². The van der Waals surface area contributed by atoms with E-state index in [1.807, 2.05) is 0 Å². The van der Waals surface area contributed by atoms with Crippen molar-refractivity contribution in [3.05, 3.63) is 27.8 Å². The van der Waals surface area contributed by atoms with E-state index in [0.717, 1.165) is 6.07 Å². The molecule has 9 nitrogen and oxygen atoms in total. The van der Waals surface area contributed by atoms with Gasteiger partial charge in [0.1, 0.15) is 18.8 Å². The number of hydrogen-bond acceptors (Lipinski definition) is 7. The quantitative estimate of drug-likeness (QED) is 0.493. The van der Waals surface area contributed by atoms with Gasteiger partial charge in [-0.1, -0.05) is 0 Å². The molecule has 1 amide bonds. The van der Waals surface area contributed by atoms with Crippen LogP contribution in [0.1, 0.15) is 17.3 Å². The summed E-state index contributed by atoms with van der Waals surface area (Å²) in [5.74, 6) is -1.10. The monoisotopic (exact) mass is 310 g/mol. The summed E-state index contributed by atoms with van der Waals surface area (Å²) in [6, 6.07) is 2.29. The molecule has 1 heterocycles. The van der Waals surface area contributed by atoms with Gasteiger partial charge in [-0.2, -0.15) is 0 Å². The van der Waals surface area contributed by atoms with Crippen molar-refractivity contribution in [2.75, 3.05) is 20.3 Å². The Morgan fingerprint density at radius 1 is 1.32 bits per heavy atom. The number of rotatable bonds is 4. The Labute approximate surface area is 125 Å². The number of nitro groups is 1. The topological polar surface area (TPSA) is 117 Å². The third-order valence-corrected chi connectivity index (χ3v) is 2.98. The lowest BCUT2D eigenvalue weighted by atomic mass is 10.1. The number of esters is 1. The van der Waals surface area contributed by atoms with Crippen LogP contribution in [0.4, 0.5) is 5.69 Å². The van der Waals surface area contributed by atoms with Crippen LogP contribution in [0.25, 0.3) is 0 Å². The SMILES string of the molecule is CNC(=O)[C@@H](C)OC(=O)c1cc2c(cc1[N+](=O)[O-])OCCO2. The lowest BCUT2D eigenvalue weighted by molar-refractivity contribution is -0.385. The number of nitrogens with zero attached hydrogens (tertiary/aromatic N) is 1. The van der Waals surface area contributed by atoms with E-state index >= 15 is 0 Å². The molecule has 22 heavy (non-hydrogen) atoms. The zero-order chi connectivity index (χ0) is 16.3. The smallest absolute Gasteiger partial charge is 0.346 e. The Hall–Kier alpha value is -2.84. The van der Waals surface area contributed by atoms with E-state index in [2.05, 4.69) is 5.32 Å². The van der Waals surface area contributed by atoms with Crippen LogP contribution in [0.15, 0.2) is 12.1 Å². The summed E-state index contributed by atoms with van der Waals surface area (Å²) < 4.78 is 15.4. The molecule has 0 aliphatic carbocycles. The average Bonchev–Trinajstić information content (AvgIpc) is 2.52. The van der Waals surface area contributed by atoms with E-state index in [0.29, 0.717) is 0 Å². The predicted octanol–water partition coefficient (Wildman–Crippen LogP) is 0.657. The number of carbonyl (C=O) groups is 2. The maximum absolute atomic E-state index is 12.1. The predicted molar refractivity (Wildman–Crippen MR) is 73.0 cm³/mol. The molecule has 1 atom stereocenters. The molecule has 1 aliphatic rings. The molecule has 0 spiro atoms. The molecular formula is C13H14N2O7. The first-order valence-corrected chi connectivity index (χ1v) is 6.44. The van der Waals surface area contributed by atoms with E-state index in [1.165, 1.54) is 20.0 Å². The molecule has 0 radical (unpaired) electrons. The third-order valence-electron chi connectivity index (χ3n) is 2.98. The van der Waals surface area contributed by atoms with Crippen molar-refractivity contribution in [1.29, 1.82) is 0 Å². The number of nitro benzene ring substituents is 1. The van der Waals surface area contributed by atoms with Crippen LogP contribution < -0.4 is 14.8 Å². The highest BCUT2D eigenvalue weighted by atomic mass is 16.6. The summed E-state index contributed by atoms with van der Waals surface area (Å²) in [5.41, 5.74) is -0.775. The molecule has 9 heteroatoms. The van der Waals surface area contributed by atoms with Crippen LogP contribution in [0, 0.1) is 10.1 Å². The van der Waals surface area contributed by atoms with Gasteiger partial charge in [-0.05, 0) is 6.92 Å². The highest BCUT2D eigenvalue weighted by Crippen LogP contribution is 2.36. The maximum Gasteiger partial charge on any atom is 0.346 e. The summed E-state index contributed by atoms with van der Waals surface area (Å²) in [6.45, 7) is 1.90. The molecule has 0 unspecified atom stereocenters. The first kappa shape index (κ1) is 15.5. The number of ether oxygens (including phenoxy) is 3. The molecule has 1 N–H and O–H groups in total. The number of fused-ring (bicyclic) bond motifs is 1. The lowest BCUT2D eigenvalue weighted by Gasteiger charge is -2.19. The number of hydrogen-bond donors (Lipinski definition) is 1. The molecular weight excluding hydrogens is 296 g/mol. The van der Waals surface area contributed by atoms with Crippen molar-refractivity contribution in [2.45, 2.75) is 13.0 Å². The fourth-order valence-electron chi connectivity index (χ4n) is 1.87. The highest BCUT2D eigenvalue weighted by molar-refractivity contribution is 5.96. The van der Waals surface area contributed by atoms with Gasteiger partial charge in [0, 0.05) is 13.1 Å². The number of carbonyl (C=O) groups excluding carboxylic acids is 2. The summed E-state index contributed by atoms with van der Waals surface area (Å²) in [7, 11) is 1.39. The van der Waals surface area contributed by atoms with Gasteiger partial charge < -0.3 is 19.5 Å². The molecule has 0 aromatic heterocycles. The van der Waals surface area contributed by atoms with Gasteiger partial charge in [-0.15, -0.1) is 0 Å². The summed E-state index contributed by atoms with van der Waals surface area (Å²) >= 11 is 0. The molecule has 1 aromatic rings. The van der Waals surface area contributed by atoms with Crippen molar-refractivity contribution in [3.63, 3.8) is 0 Å². The number of benzene rings is 1. The Kier molecular flexibility index (Phi) is 4.44. The first-order valence-electron chi connectivity index (χ1n) is 6.44. The normalized spacial score (nSPS) is 13.9. The molecule has 1 aliphatic heterocycles. The van der Waals surface area contributed by atoms with Gasteiger partial charge in [0.05, 0.1) is 11.0 Å². The van der Waals surface area contributed by atoms with Crippen LogP contribution in [-0.4, -0.2) is 43.2 Å². The lowest BCUT2D eigenvalue weighted by Crippen LogP contribution is -2.33. The molecule has 0 fully saturated rings. The van der Waals surface area contributed by atoms with Crippen LogP contribution >= 0.6 is 0 Å². The molecule has 2 rings (SSSR count).